The van der Waals surface area contributed by atoms with Crippen LogP contribution in [-0.2, 0) is 98.2 Å². The van der Waals surface area contributed by atoms with E-state index in [1.807, 2.05) is 152 Å². The summed E-state index contributed by atoms with van der Waals surface area (Å²) in [4.78, 5) is 0. The number of halogens is 6. The smallest absolute Gasteiger partial charge is 0.309 e. The van der Waals surface area contributed by atoms with Gasteiger partial charge in [0.25, 0.3) is 0 Å². The van der Waals surface area contributed by atoms with Crippen LogP contribution in [0.25, 0.3) is 79.4 Å². The molecule has 0 aliphatic heterocycles. The van der Waals surface area contributed by atoms with Crippen LogP contribution in [0.1, 0.15) is 95.4 Å². The van der Waals surface area contributed by atoms with Gasteiger partial charge in [-0.25, -0.2) is 0 Å². The van der Waals surface area contributed by atoms with Crippen molar-refractivity contribution in [2.45, 2.75) is 96.8 Å². The summed E-state index contributed by atoms with van der Waals surface area (Å²) >= 11 is 0. The van der Waals surface area contributed by atoms with E-state index >= 15 is 8.78 Å². The number of rotatable bonds is 17. The second kappa shape index (κ2) is 37.6. The number of aromatic nitrogens is 12. The van der Waals surface area contributed by atoms with Gasteiger partial charge < -0.3 is 18.3 Å². The first-order chi connectivity index (χ1) is 47.2. The molecule has 1 saturated carbocycles. The molecule has 0 bridgehead atoms. The molecule has 1 aliphatic rings. The minimum absolute atomic E-state index is 0. The van der Waals surface area contributed by atoms with E-state index in [2.05, 4.69) is 95.4 Å². The van der Waals surface area contributed by atoms with E-state index in [0.717, 1.165) is 47.7 Å². The Balaban J connectivity index is 0.000000187. The van der Waals surface area contributed by atoms with Crippen molar-refractivity contribution in [1.82, 2.24) is 59.1 Å². The third-order valence-electron chi connectivity index (χ3n) is 16.5. The molecular weight excluding hydrogens is 2000 g/mol. The number of unbranched alkanes of at least 4 members (excludes halogenated alkanes) is 1. The monoisotopic (exact) mass is 2070 g/mol. The maximum absolute atomic E-state index is 15.4. The summed E-state index contributed by atoms with van der Waals surface area (Å²) in [5.41, 5.74) is 8.05. The first kappa shape index (κ1) is 80.0. The summed E-state index contributed by atoms with van der Waals surface area (Å²) in [5.74, 6) is -8.89. The second-order valence-electron chi connectivity index (χ2n) is 23.5. The Morgan fingerprint density at radius 3 is 1.17 bits per heavy atom. The zero-order chi connectivity index (χ0) is 67.8. The summed E-state index contributed by atoms with van der Waals surface area (Å²) < 4.78 is 95.8. The summed E-state index contributed by atoms with van der Waals surface area (Å²) in [6.45, 7) is 6.79. The number of aryl methyl sites for hydroxylation is 1. The molecule has 0 spiro atoms. The van der Waals surface area contributed by atoms with Crippen LogP contribution < -0.4 is 0 Å². The number of hydrogen-bond acceptors (Lipinski definition) is 8. The summed E-state index contributed by atoms with van der Waals surface area (Å²) in [7, 11) is 0. The standard InChI is InChI=1S/C21H20F2N3.C21H16N3.C19H18F2N3.C18H16F2N3.4Ir/c22-21(23,17-12-6-2-7-13-17)20-25-24-19(16-10-4-1-5-11-16)26(20)18-14-8-3-9-15-18;1-16-22-23-21(24(16)20-10-6-3-7-11-20)19-14-12-18(13-15-19)17-8-4-2-5-9-17;1-2-3-14-19(20,21)18-23-22-17(15-10-6-4-7-11-15)24(18)16-12-8-5-9-13-16;1-13(2)18(19,20)17-22-21-16(14-9-5-3-6-10-14)23(17)15-11-7-4-8-12-15;;;;/h1,3-5,8-10,14-15,17H,2,6-7,12-13H2;2-14H,1H3;4-10,12-13H,2-3,14H2,1H3;3-9,11-13H,1-2H3;;;;/q4*-1;;;;. The molecule has 101 heavy (non-hydrogen) atoms. The van der Waals surface area contributed by atoms with Gasteiger partial charge in [0.15, 0.2) is 17.5 Å². The first-order valence-corrected chi connectivity index (χ1v) is 32.3. The van der Waals surface area contributed by atoms with E-state index in [9.17, 15) is 17.6 Å². The van der Waals surface area contributed by atoms with Gasteiger partial charge in [-0.3, -0.25) is 0 Å². The summed E-state index contributed by atoms with van der Waals surface area (Å²) in [6.07, 6.45) is 4.67. The van der Waals surface area contributed by atoms with Gasteiger partial charge in [0, 0.05) is 121 Å². The Hall–Kier alpha value is -8.28. The molecule has 4 aromatic heterocycles. The molecular formula is C79H70F6Ir4N12-4. The number of benzene rings is 9. The van der Waals surface area contributed by atoms with E-state index in [1.54, 1.807) is 78.9 Å². The molecule has 12 nitrogen and oxygen atoms in total. The normalized spacial score (nSPS) is 12.1. The topological polar surface area (TPSA) is 123 Å². The average Bonchev–Trinajstić information content (AvgIpc) is 1.67. The van der Waals surface area contributed by atoms with Gasteiger partial charge in [0.05, 0.1) is 23.3 Å². The molecule has 0 unspecified atom stereocenters. The molecule has 22 heteroatoms. The Morgan fingerprint density at radius 2 is 0.762 bits per heavy atom. The molecule has 0 amide bonds. The van der Waals surface area contributed by atoms with Gasteiger partial charge in [-0.2, -0.15) is 46.7 Å². The summed E-state index contributed by atoms with van der Waals surface area (Å²) in [5, 5.41) is 32.4. The van der Waals surface area contributed by atoms with E-state index in [4.69, 9.17) is 0 Å². The van der Waals surface area contributed by atoms with Gasteiger partial charge in [0.1, 0.15) is 5.82 Å². The molecule has 0 saturated heterocycles. The van der Waals surface area contributed by atoms with Crippen molar-refractivity contribution in [1.29, 1.82) is 0 Å². The molecule has 4 heterocycles. The van der Waals surface area contributed by atoms with Crippen LogP contribution in [0.4, 0.5) is 26.3 Å². The largest absolute Gasteiger partial charge is 0.320 e. The van der Waals surface area contributed by atoms with Crippen LogP contribution in [0.5, 0.6) is 0 Å². The molecule has 9 aromatic carbocycles. The predicted octanol–water partition coefficient (Wildman–Crippen LogP) is 19.6. The van der Waals surface area contributed by atoms with E-state index in [-0.39, 0.29) is 104 Å². The Bertz CT molecular complexity index is 4550. The number of para-hydroxylation sites is 4. The van der Waals surface area contributed by atoms with Crippen LogP contribution in [0.3, 0.4) is 0 Å². The third-order valence-corrected chi connectivity index (χ3v) is 16.5. The second-order valence-corrected chi connectivity index (χ2v) is 23.5. The van der Waals surface area contributed by atoms with Crippen molar-refractivity contribution in [3.8, 4) is 79.4 Å². The molecule has 0 atom stereocenters. The summed E-state index contributed by atoms with van der Waals surface area (Å²) in [6, 6.07) is 87.7. The minimum Gasteiger partial charge on any atom is -0.320 e. The molecule has 0 N–H and O–H groups in total. The fourth-order valence-electron chi connectivity index (χ4n) is 11.3. The molecule has 14 rings (SSSR count). The molecule has 528 valence electrons. The minimum atomic E-state index is -3.09. The van der Waals surface area contributed by atoms with Crippen molar-refractivity contribution in [3.05, 3.63) is 290 Å². The number of nitrogens with zero attached hydrogens (tertiary/aromatic N) is 12. The van der Waals surface area contributed by atoms with Crippen molar-refractivity contribution < 1.29 is 107 Å². The van der Waals surface area contributed by atoms with Gasteiger partial charge in [0.2, 0.25) is 0 Å². The Labute approximate surface area is 639 Å². The predicted molar refractivity (Wildman–Crippen MR) is 365 cm³/mol. The number of alkyl halides is 6. The average molecular weight is 2070 g/mol. The van der Waals surface area contributed by atoms with Gasteiger partial charge in [-0.1, -0.05) is 161 Å². The van der Waals surface area contributed by atoms with Gasteiger partial charge in [-0.05, 0) is 74.7 Å². The van der Waals surface area contributed by atoms with Crippen molar-refractivity contribution in [3.63, 3.8) is 0 Å². The fraction of sp³-hybridized carbons (Fsp3) is 0.215. The maximum atomic E-state index is 15.4. The van der Waals surface area contributed by atoms with Crippen molar-refractivity contribution >= 4 is 0 Å². The molecule has 13 aromatic rings. The van der Waals surface area contributed by atoms with Crippen LogP contribution >= 0.6 is 0 Å². The van der Waals surface area contributed by atoms with Crippen molar-refractivity contribution in [2.24, 2.45) is 11.8 Å². The van der Waals surface area contributed by atoms with E-state index in [1.165, 1.54) is 33.1 Å². The Kier molecular flexibility index (Phi) is 29.8. The van der Waals surface area contributed by atoms with Crippen molar-refractivity contribution in [2.75, 3.05) is 0 Å². The van der Waals surface area contributed by atoms with Crippen LogP contribution in [0.15, 0.2) is 243 Å². The van der Waals surface area contributed by atoms with E-state index in [0.29, 0.717) is 76.9 Å². The van der Waals surface area contributed by atoms with Crippen LogP contribution in [0, 0.1) is 43.0 Å². The molecule has 1 aliphatic carbocycles. The Morgan fingerprint density at radius 1 is 0.396 bits per heavy atom. The quantitative estimate of drug-likeness (QED) is 0.0652. The zero-order valence-corrected chi connectivity index (χ0v) is 65.0. The van der Waals surface area contributed by atoms with Gasteiger partial charge in [-0.15, -0.1) is 158 Å². The number of hydrogen-bond donors (Lipinski definition) is 0. The third kappa shape index (κ3) is 19.1. The molecule has 1 fully saturated rings. The van der Waals surface area contributed by atoms with Gasteiger partial charge >= 0.3 is 17.8 Å². The van der Waals surface area contributed by atoms with Crippen LogP contribution in [0.2, 0.25) is 0 Å². The molecule has 4 radical (unpaired) electrons. The zero-order valence-electron chi connectivity index (χ0n) is 55.4. The fourth-order valence-corrected chi connectivity index (χ4v) is 11.3. The maximum Gasteiger partial charge on any atom is 0.309 e. The van der Waals surface area contributed by atoms with Crippen LogP contribution in [-0.4, -0.2) is 59.1 Å². The first-order valence-electron chi connectivity index (χ1n) is 32.3. The van der Waals surface area contributed by atoms with E-state index < -0.39 is 29.6 Å². The SMILES string of the molecule is CC(C)C(F)(F)c1nnc(-c2[c-]cccc2)n1-c1ccccc1.CCCCC(F)(F)c1nnc(-c2[c-]cccc2)n1-c1ccccc1.Cc1nnc(-c2[c-]cc(-c3ccccc3)cc2)n1-c1ccccc1.FC(F)(c1nnc(-c2[c-]cccc2)n1-c1ccccc1)C1CCCCC1.[Ir].[Ir].[Ir].[Ir].